The second kappa shape index (κ2) is 11.4. The first-order chi connectivity index (χ1) is 7.74. The molecule has 0 aliphatic carbocycles. The second-order valence-electron chi connectivity index (χ2n) is 4.09. The predicted molar refractivity (Wildman–Crippen MR) is 66.6 cm³/mol. The van der Waals surface area contributed by atoms with Crippen LogP contribution in [0.15, 0.2) is 0 Å². The molecule has 16 heavy (non-hydrogen) atoms. The fraction of sp³-hybridized carbons (Fsp3) is 1.00. The quantitative estimate of drug-likeness (QED) is 0.511. The lowest BCUT2D eigenvalue weighted by Gasteiger charge is -2.21. The Bertz CT molecular complexity index is 131. The molecule has 0 saturated heterocycles. The maximum absolute atomic E-state index is 5.64. The van der Waals surface area contributed by atoms with Crippen LogP contribution in [0, 0.1) is 0 Å². The summed E-state index contributed by atoms with van der Waals surface area (Å²) in [6.07, 6.45) is 4.03. The maximum Gasteiger partial charge on any atom is 0.160 e. The Hall–Kier alpha value is -0.120. The highest BCUT2D eigenvalue weighted by molar-refractivity contribution is 4.55. The van der Waals surface area contributed by atoms with Gasteiger partial charge in [0, 0.05) is 26.2 Å². The summed E-state index contributed by atoms with van der Waals surface area (Å²) in [5.74, 6) is 0. The molecular weight excluding hydrogens is 204 g/mol. The summed E-state index contributed by atoms with van der Waals surface area (Å²) >= 11 is 0. The molecule has 98 valence electrons. The van der Waals surface area contributed by atoms with Crippen molar-refractivity contribution in [2.24, 2.45) is 0 Å². The third kappa shape index (κ3) is 9.13. The van der Waals surface area contributed by atoms with Gasteiger partial charge in [-0.15, -0.1) is 0 Å². The van der Waals surface area contributed by atoms with Crippen LogP contribution in [0.5, 0.6) is 0 Å². The standard InChI is InChI=1S/C13H28O3/c1-5-8-14-12(4)11-13(15-9-6-2)16-10-7-3/h12-13H,5-11H2,1-4H3. The minimum atomic E-state index is -0.105. The van der Waals surface area contributed by atoms with Crippen LogP contribution in [-0.2, 0) is 14.2 Å². The Morgan fingerprint density at radius 1 is 0.750 bits per heavy atom. The Morgan fingerprint density at radius 2 is 1.19 bits per heavy atom. The summed E-state index contributed by atoms with van der Waals surface area (Å²) in [5.41, 5.74) is 0. The van der Waals surface area contributed by atoms with E-state index in [-0.39, 0.29) is 12.4 Å². The van der Waals surface area contributed by atoms with Gasteiger partial charge in [0.15, 0.2) is 6.29 Å². The number of hydrogen-bond acceptors (Lipinski definition) is 3. The van der Waals surface area contributed by atoms with Crippen LogP contribution < -0.4 is 0 Å². The lowest BCUT2D eigenvalue weighted by Crippen LogP contribution is -2.25. The van der Waals surface area contributed by atoms with E-state index in [1.807, 2.05) is 0 Å². The van der Waals surface area contributed by atoms with Gasteiger partial charge in [0.05, 0.1) is 6.10 Å². The van der Waals surface area contributed by atoms with Crippen LogP contribution in [0.2, 0.25) is 0 Å². The molecule has 0 heterocycles. The van der Waals surface area contributed by atoms with Crippen LogP contribution in [0.3, 0.4) is 0 Å². The average molecular weight is 232 g/mol. The van der Waals surface area contributed by atoms with Gasteiger partial charge < -0.3 is 14.2 Å². The summed E-state index contributed by atoms with van der Waals surface area (Å²) in [4.78, 5) is 0. The van der Waals surface area contributed by atoms with Crippen molar-refractivity contribution in [2.75, 3.05) is 19.8 Å². The first-order valence-electron chi connectivity index (χ1n) is 6.59. The van der Waals surface area contributed by atoms with Gasteiger partial charge in [-0.25, -0.2) is 0 Å². The maximum atomic E-state index is 5.64. The van der Waals surface area contributed by atoms with E-state index in [9.17, 15) is 0 Å². The monoisotopic (exact) mass is 232 g/mol. The number of rotatable bonds is 11. The van der Waals surface area contributed by atoms with Crippen LogP contribution in [0.1, 0.15) is 53.4 Å². The van der Waals surface area contributed by atoms with E-state index >= 15 is 0 Å². The normalized spacial score (nSPS) is 13.3. The lowest BCUT2D eigenvalue weighted by atomic mass is 10.2. The lowest BCUT2D eigenvalue weighted by molar-refractivity contribution is -0.161. The van der Waals surface area contributed by atoms with Crippen molar-refractivity contribution in [1.29, 1.82) is 0 Å². The highest BCUT2D eigenvalue weighted by Crippen LogP contribution is 2.09. The molecule has 0 spiro atoms. The summed E-state index contributed by atoms with van der Waals surface area (Å²) < 4.78 is 16.9. The molecule has 0 aliphatic heterocycles. The van der Waals surface area contributed by atoms with E-state index in [2.05, 4.69) is 27.7 Å². The van der Waals surface area contributed by atoms with E-state index in [1.54, 1.807) is 0 Å². The van der Waals surface area contributed by atoms with Crippen molar-refractivity contribution in [1.82, 2.24) is 0 Å². The molecule has 0 rings (SSSR count). The molecule has 1 unspecified atom stereocenters. The van der Waals surface area contributed by atoms with Crippen LogP contribution in [-0.4, -0.2) is 32.2 Å². The van der Waals surface area contributed by atoms with E-state index in [0.717, 1.165) is 45.5 Å². The van der Waals surface area contributed by atoms with Crippen LogP contribution in [0.4, 0.5) is 0 Å². The summed E-state index contributed by atoms with van der Waals surface area (Å²) in [6.45, 7) is 10.7. The molecular formula is C13H28O3. The molecule has 0 saturated carbocycles. The minimum absolute atomic E-state index is 0.105. The largest absolute Gasteiger partial charge is 0.378 e. The van der Waals surface area contributed by atoms with Gasteiger partial charge in [0.25, 0.3) is 0 Å². The first-order valence-corrected chi connectivity index (χ1v) is 6.59. The van der Waals surface area contributed by atoms with Crippen molar-refractivity contribution in [3.8, 4) is 0 Å². The zero-order valence-corrected chi connectivity index (χ0v) is 11.3. The van der Waals surface area contributed by atoms with Crippen molar-refractivity contribution in [2.45, 2.75) is 65.8 Å². The van der Waals surface area contributed by atoms with Gasteiger partial charge in [0.2, 0.25) is 0 Å². The number of hydrogen-bond donors (Lipinski definition) is 0. The van der Waals surface area contributed by atoms with Gasteiger partial charge in [-0.1, -0.05) is 20.8 Å². The molecule has 3 nitrogen and oxygen atoms in total. The molecule has 0 aromatic rings. The van der Waals surface area contributed by atoms with Gasteiger partial charge in [0.1, 0.15) is 0 Å². The molecule has 0 bridgehead atoms. The minimum Gasteiger partial charge on any atom is -0.378 e. The van der Waals surface area contributed by atoms with Crippen molar-refractivity contribution in [3.05, 3.63) is 0 Å². The van der Waals surface area contributed by atoms with E-state index in [1.165, 1.54) is 0 Å². The fourth-order valence-corrected chi connectivity index (χ4v) is 1.34. The Balaban J connectivity index is 3.78. The van der Waals surface area contributed by atoms with Crippen molar-refractivity contribution < 1.29 is 14.2 Å². The molecule has 3 heteroatoms. The third-order valence-electron chi connectivity index (χ3n) is 2.15. The predicted octanol–water partition coefficient (Wildman–Crippen LogP) is 3.37. The molecule has 0 N–H and O–H groups in total. The molecule has 0 aliphatic rings. The van der Waals surface area contributed by atoms with E-state index in [0.29, 0.717) is 0 Å². The van der Waals surface area contributed by atoms with Crippen molar-refractivity contribution >= 4 is 0 Å². The topological polar surface area (TPSA) is 27.7 Å². The average Bonchev–Trinajstić information content (AvgIpc) is 2.30. The van der Waals surface area contributed by atoms with Crippen LogP contribution in [0.25, 0.3) is 0 Å². The van der Waals surface area contributed by atoms with Gasteiger partial charge >= 0.3 is 0 Å². The Labute approximate surface area is 100 Å². The molecule has 0 radical (unpaired) electrons. The zero-order chi connectivity index (χ0) is 12.2. The molecule has 0 fully saturated rings. The molecule has 0 aromatic heterocycles. The van der Waals surface area contributed by atoms with E-state index in [4.69, 9.17) is 14.2 Å². The molecule has 0 amide bonds. The van der Waals surface area contributed by atoms with Gasteiger partial charge in [-0.05, 0) is 26.2 Å². The van der Waals surface area contributed by atoms with Gasteiger partial charge in [-0.3, -0.25) is 0 Å². The molecule has 1 atom stereocenters. The smallest absolute Gasteiger partial charge is 0.160 e. The second-order valence-corrected chi connectivity index (χ2v) is 4.09. The van der Waals surface area contributed by atoms with Gasteiger partial charge in [-0.2, -0.15) is 0 Å². The molecule has 0 aromatic carbocycles. The highest BCUT2D eigenvalue weighted by Gasteiger charge is 2.14. The summed E-state index contributed by atoms with van der Waals surface area (Å²) in [6, 6.07) is 0. The summed E-state index contributed by atoms with van der Waals surface area (Å²) in [7, 11) is 0. The van der Waals surface area contributed by atoms with Crippen molar-refractivity contribution in [3.63, 3.8) is 0 Å². The Kier molecular flexibility index (Phi) is 11.3. The first kappa shape index (κ1) is 15.9. The number of ether oxygens (including phenoxy) is 3. The zero-order valence-electron chi connectivity index (χ0n) is 11.3. The SMILES string of the molecule is CCCOC(C)CC(OCCC)OCCC. The third-order valence-corrected chi connectivity index (χ3v) is 2.15. The Morgan fingerprint density at radius 3 is 1.62 bits per heavy atom. The summed E-state index contributed by atoms with van der Waals surface area (Å²) in [5, 5.41) is 0. The van der Waals surface area contributed by atoms with E-state index < -0.39 is 0 Å². The highest BCUT2D eigenvalue weighted by atomic mass is 16.7. The van der Waals surface area contributed by atoms with Crippen LogP contribution >= 0.6 is 0 Å². The fourth-order valence-electron chi connectivity index (χ4n) is 1.34.